The zero-order valence-electron chi connectivity index (χ0n) is 8.53. The maximum absolute atomic E-state index is 11.4. The highest BCUT2D eigenvalue weighted by atomic mass is 16.5. The predicted octanol–water partition coefficient (Wildman–Crippen LogP) is 2.58. The van der Waals surface area contributed by atoms with Gasteiger partial charge in [0.2, 0.25) is 0 Å². The molecule has 3 heteroatoms. The van der Waals surface area contributed by atoms with Gasteiger partial charge in [0.05, 0.1) is 18.3 Å². The van der Waals surface area contributed by atoms with E-state index in [1.54, 1.807) is 18.2 Å². The van der Waals surface area contributed by atoms with E-state index in [1.165, 1.54) is 12.3 Å². The van der Waals surface area contributed by atoms with Crippen LogP contribution in [0.4, 0.5) is 0 Å². The topological polar surface area (TPSA) is 39.4 Å². The summed E-state index contributed by atoms with van der Waals surface area (Å²) in [6.45, 7) is 2.71. The maximum Gasteiger partial charge on any atom is 0.192 e. The van der Waals surface area contributed by atoms with Crippen molar-refractivity contribution in [2.45, 2.75) is 13.3 Å². The Balaban J connectivity index is 2.43. The van der Waals surface area contributed by atoms with Gasteiger partial charge < -0.3 is 9.15 Å². The molecule has 0 bridgehead atoms. The van der Waals surface area contributed by atoms with Crippen LogP contribution in [0.1, 0.15) is 13.3 Å². The second-order valence-electron chi connectivity index (χ2n) is 3.29. The summed E-state index contributed by atoms with van der Waals surface area (Å²) < 4.78 is 10.7. The molecule has 0 aliphatic heterocycles. The number of rotatable bonds is 3. The van der Waals surface area contributed by atoms with Crippen molar-refractivity contribution in [3.8, 4) is 5.75 Å². The van der Waals surface area contributed by atoms with Gasteiger partial charge in [-0.3, -0.25) is 4.79 Å². The van der Waals surface area contributed by atoms with Crippen molar-refractivity contribution in [1.29, 1.82) is 0 Å². The highest BCUT2D eigenvalue weighted by molar-refractivity contribution is 5.77. The molecule has 0 spiro atoms. The Morgan fingerprint density at radius 3 is 3.00 bits per heavy atom. The maximum atomic E-state index is 11.4. The van der Waals surface area contributed by atoms with Gasteiger partial charge in [0.15, 0.2) is 5.43 Å². The Morgan fingerprint density at radius 1 is 1.33 bits per heavy atom. The average Bonchev–Trinajstić information content (AvgIpc) is 2.26. The Morgan fingerprint density at radius 2 is 2.20 bits per heavy atom. The van der Waals surface area contributed by atoms with E-state index in [9.17, 15) is 4.79 Å². The van der Waals surface area contributed by atoms with Crippen LogP contribution in [0.5, 0.6) is 5.75 Å². The molecule has 0 saturated carbocycles. The van der Waals surface area contributed by atoms with E-state index < -0.39 is 0 Å². The van der Waals surface area contributed by atoms with Crippen molar-refractivity contribution in [3.05, 3.63) is 40.8 Å². The fourth-order valence-electron chi connectivity index (χ4n) is 1.37. The lowest BCUT2D eigenvalue weighted by molar-refractivity contribution is 0.317. The molecule has 0 N–H and O–H groups in total. The summed E-state index contributed by atoms with van der Waals surface area (Å²) >= 11 is 0. The van der Waals surface area contributed by atoms with Crippen LogP contribution in [0.25, 0.3) is 11.0 Å². The Labute approximate surface area is 87.3 Å². The van der Waals surface area contributed by atoms with E-state index in [0.29, 0.717) is 17.6 Å². The third-order valence-electron chi connectivity index (χ3n) is 2.11. The number of benzene rings is 1. The first-order valence-electron chi connectivity index (χ1n) is 4.95. The molecular formula is C12H12O3. The molecule has 2 rings (SSSR count). The molecule has 2 aromatic rings. The highest BCUT2D eigenvalue weighted by Gasteiger charge is 2.01. The van der Waals surface area contributed by atoms with Crippen LogP contribution in [0.15, 0.2) is 39.7 Å². The molecule has 0 aliphatic carbocycles. The average molecular weight is 204 g/mol. The third kappa shape index (κ3) is 2.01. The minimum atomic E-state index is -0.0294. The second-order valence-corrected chi connectivity index (χ2v) is 3.29. The highest BCUT2D eigenvalue weighted by Crippen LogP contribution is 2.18. The fraction of sp³-hybridized carbons (Fsp3) is 0.250. The SMILES string of the molecule is CCCOc1ccc2c(=O)ccoc2c1. The summed E-state index contributed by atoms with van der Waals surface area (Å²) in [7, 11) is 0. The molecule has 78 valence electrons. The summed E-state index contributed by atoms with van der Waals surface area (Å²) in [5, 5.41) is 0.585. The van der Waals surface area contributed by atoms with Crippen LogP contribution in [0.3, 0.4) is 0 Å². The number of hydrogen-bond acceptors (Lipinski definition) is 3. The quantitative estimate of drug-likeness (QED) is 0.771. The van der Waals surface area contributed by atoms with Crippen LogP contribution in [0.2, 0.25) is 0 Å². The molecule has 0 amide bonds. The molecule has 0 aliphatic rings. The normalized spacial score (nSPS) is 10.5. The standard InChI is InChI=1S/C12H12O3/c1-2-6-14-9-3-4-10-11(13)5-7-15-12(10)8-9/h3-5,7-8H,2,6H2,1H3. The fourth-order valence-corrected chi connectivity index (χ4v) is 1.37. The largest absolute Gasteiger partial charge is 0.493 e. The number of hydrogen-bond donors (Lipinski definition) is 0. The predicted molar refractivity (Wildman–Crippen MR) is 58.3 cm³/mol. The molecule has 1 aromatic carbocycles. The van der Waals surface area contributed by atoms with Crippen LogP contribution in [-0.4, -0.2) is 6.61 Å². The first-order valence-corrected chi connectivity index (χ1v) is 4.95. The molecule has 0 atom stereocenters. The van der Waals surface area contributed by atoms with E-state index >= 15 is 0 Å². The minimum Gasteiger partial charge on any atom is -0.493 e. The van der Waals surface area contributed by atoms with Gasteiger partial charge in [-0.05, 0) is 18.6 Å². The van der Waals surface area contributed by atoms with E-state index in [0.717, 1.165) is 12.2 Å². The van der Waals surface area contributed by atoms with Gasteiger partial charge in [-0.25, -0.2) is 0 Å². The van der Waals surface area contributed by atoms with Crippen molar-refractivity contribution >= 4 is 11.0 Å². The summed E-state index contributed by atoms with van der Waals surface area (Å²) in [6, 6.07) is 6.67. The zero-order chi connectivity index (χ0) is 10.7. The van der Waals surface area contributed by atoms with Crippen molar-refractivity contribution in [2.24, 2.45) is 0 Å². The van der Waals surface area contributed by atoms with Crippen molar-refractivity contribution in [2.75, 3.05) is 6.61 Å². The van der Waals surface area contributed by atoms with Gasteiger partial charge in [0, 0.05) is 12.1 Å². The molecule has 0 unspecified atom stereocenters. The summed E-state index contributed by atoms with van der Waals surface area (Å²) in [4.78, 5) is 11.4. The first kappa shape index (κ1) is 9.77. The van der Waals surface area contributed by atoms with Crippen LogP contribution < -0.4 is 10.2 Å². The Hall–Kier alpha value is -1.77. The van der Waals surface area contributed by atoms with Crippen LogP contribution >= 0.6 is 0 Å². The van der Waals surface area contributed by atoms with Crippen molar-refractivity contribution < 1.29 is 9.15 Å². The molecule has 3 nitrogen and oxygen atoms in total. The Bertz CT molecular complexity index is 514. The van der Waals surface area contributed by atoms with E-state index in [1.807, 2.05) is 6.92 Å². The second kappa shape index (κ2) is 4.17. The summed E-state index contributed by atoms with van der Waals surface area (Å²) in [6.07, 6.45) is 2.35. The van der Waals surface area contributed by atoms with Gasteiger partial charge in [0.1, 0.15) is 11.3 Å². The molecule has 1 aromatic heterocycles. The number of ether oxygens (including phenoxy) is 1. The van der Waals surface area contributed by atoms with Crippen LogP contribution in [0, 0.1) is 0 Å². The molecule has 0 fully saturated rings. The lowest BCUT2D eigenvalue weighted by atomic mass is 10.2. The van der Waals surface area contributed by atoms with Gasteiger partial charge in [-0.15, -0.1) is 0 Å². The Kier molecular flexibility index (Phi) is 2.72. The van der Waals surface area contributed by atoms with Crippen molar-refractivity contribution in [1.82, 2.24) is 0 Å². The number of fused-ring (bicyclic) bond motifs is 1. The van der Waals surface area contributed by atoms with Gasteiger partial charge in [-0.2, -0.15) is 0 Å². The lowest BCUT2D eigenvalue weighted by Crippen LogP contribution is -1.99. The molecule has 15 heavy (non-hydrogen) atoms. The minimum absolute atomic E-state index is 0.0294. The smallest absolute Gasteiger partial charge is 0.192 e. The lowest BCUT2D eigenvalue weighted by Gasteiger charge is -2.04. The van der Waals surface area contributed by atoms with Gasteiger partial charge >= 0.3 is 0 Å². The van der Waals surface area contributed by atoms with Gasteiger partial charge in [0.25, 0.3) is 0 Å². The molecular weight excluding hydrogens is 192 g/mol. The third-order valence-corrected chi connectivity index (χ3v) is 2.11. The molecule has 0 radical (unpaired) electrons. The van der Waals surface area contributed by atoms with E-state index in [4.69, 9.17) is 9.15 Å². The summed E-state index contributed by atoms with van der Waals surface area (Å²) in [5.41, 5.74) is 0.536. The summed E-state index contributed by atoms with van der Waals surface area (Å²) in [5.74, 6) is 0.735. The first-order chi connectivity index (χ1) is 7.31. The van der Waals surface area contributed by atoms with Crippen molar-refractivity contribution in [3.63, 3.8) is 0 Å². The molecule has 0 saturated heterocycles. The van der Waals surface area contributed by atoms with E-state index in [-0.39, 0.29) is 5.43 Å². The monoisotopic (exact) mass is 204 g/mol. The molecule has 1 heterocycles. The van der Waals surface area contributed by atoms with Crippen LogP contribution in [-0.2, 0) is 0 Å². The zero-order valence-corrected chi connectivity index (χ0v) is 8.53. The van der Waals surface area contributed by atoms with Gasteiger partial charge in [-0.1, -0.05) is 6.92 Å². The van der Waals surface area contributed by atoms with E-state index in [2.05, 4.69) is 0 Å².